The van der Waals surface area contributed by atoms with E-state index in [1.54, 1.807) is 0 Å². The zero-order valence-electron chi connectivity index (χ0n) is 10.4. The van der Waals surface area contributed by atoms with Gasteiger partial charge >= 0.3 is 0 Å². The monoisotopic (exact) mass is 271 g/mol. The first-order valence-corrected chi connectivity index (χ1v) is 6.57. The second-order valence-electron chi connectivity index (χ2n) is 4.49. The van der Waals surface area contributed by atoms with Gasteiger partial charge in [-0.3, -0.25) is 0 Å². The van der Waals surface area contributed by atoms with Crippen LogP contribution in [0.4, 0.5) is 5.95 Å². The molecule has 1 aromatic heterocycles. The molecule has 0 aliphatic carbocycles. The molecule has 0 amide bonds. The third-order valence-electron chi connectivity index (χ3n) is 3.22. The molecule has 0 saturated carbocycles. The second-order valence-corrected chi connectivity index (χ2v) is 4.92. The summed E-state index contributed by atoms with van der Waals surface area (Å²) in [6.45, 7) is 0.813. The number of aryl methyl sites for hydroxylation is 2. The van der Waals surface area contributed by atoms with Gasteiger partial charge in [0, 0.05) is 11.6 Å². The number of hydrogen-bond acceptors (Lipinski definition) is 2. The van der Waals surface area contributed by atoms with Crippen LogP contribution in [0, 0.1) is 0 Å². The Hall–Kier alpha value is -2.00. The number of nitrogens with two attached hydrogens (primary N) is 1. The van der Waals surface area contributed by atoms with Crippen LogP contribution >= 0.6 is 11.6 Å². The van der Waals surface area contributed by atoms with Crippen LogP contribution in [-0.2, 0) is 13.0 Å². The van der Waals surface area contributed by atoms with Crippen LogP contribution < -0.4 is 5.73 Å². The maximum absolute atomic E-state index is 5.97. The van der Waals surface area contributed by atoms with E-state index in [2.05, 4.69) is 4.98 Å². The summed E-state index contributed by atoms with van der Waals surface area (Å²) in [7, 11) is 0. The number of benzene rings is 2. The average Bonchev–Trinajstić information content (AvgIpc) is 2.74. The van der Waals surface area contributed by atoms with Gasteiger partial charge in [-0.15, -0.1) is 0 Å². The lowest BCUT2D eigenvalue weighted by molar-refractivity contribution is 0.726. The molecule has 4 heteroatoms. The van der Waals surface area contributed by atoms with E-state index < -0.39 is 0 Å². The molecule has 0 bridgehead atoms. The number of fused-ring (bicyclic) bond motifs is 1. The maximum atomic E-state index is 5.97. The highest BCUT2D eigenvalue weighted by molar-refractivity contribution is 6.30. The molecule has 3 rings (SSSR count). The van der Waals surface area contributed by atoms with E-state index >= 15 is 0 Å². The highest BCUT2D eigenvalue weighted by Crippen LogP contribution is 2.18. The van der Waals surface area contributed by atoms with Gasteiger partial charge in [-0.25, -0.2) is 4.98 Å². The molecule has 0 fully saturated rings. The normalized spacial score (nSPS) is 11.0. The first kappa shape index (κ1) is 12.1. The van der Waals surface area contributed by atoms with E-state index in [4.69, 9.17) is 17.3 Å². The summed E-state index contributed by atoms with van der Waals surface area (Å²) >= 11 is 5.88. The predicted octanol–water partition coefficient (Wildman–Crippen LogP) is 3.51. The molecule has 0 aliphatic rings. The molecule has 3 nitrogen and oxygen atoms in total. The Morgan fingerprint density at radius 1 is 1.05 bits per heavy atom. The van der Waals surface area contributed by atoms with Crippen LogP contribution in [0.15, 0.2) is 48.5 Å². The van der Waals surface area contributed by atoms with Gasteiger partial charge in [-0.2, -0.15) is 0 Å². The van der Waals surface area contributed by atoms with Crippen molar-refractivity contribution < 1.29 is 0 Å². The zero-order valence-corrected chi connectivity index (χ0v) is 11.1. The van der Waals surface area contributed by atoms with Gasteiger partial charge in [-0.1, -0.05) is 35.9 Å². The standard InChI is InChI=1S/C15H14ClN3/c16-12-7-5-11(6-8-12)9-10-19-14-4-2-1-3-13(14)18-15(19)17/h1-8H,9-10H2,(H2,17,18). The van der Waals surface area contributed by atoms with Crippen molar-refractivity contribution in [2.45, 2.75) is 13.0 Å². The van der Waals surface area contributed by atoms with Gasteiger partial charge in [0.1, 0.15) is 0 Å². The molecule has 96 valence electrons. The lowest BCUT2D eigenvalue weighted by atomic mass is 10.1. The van der Waals surface area contributed by atoms with Gasteiger partial charge < -0.3 is 10.3 Å². The van der Waals surface area contributed by atoms with Crippen LogP contribution in [0.3, 0.4) is 0 Å². The third-order valence-corrected chi connectivity index (χ3v) is 3.47. The van der Waals surface area contributed by atoms with E-state index in [9.17, 15) is 0 Å². The molecule has 2 aromatic carbocycles. The average molecular weight is 272 g/mol. The fraction of sp³-hybridized carbons (Fsp3) is 0.133. The van der Waals surface area contributed by atoms with E-state index in [0.29, 0.717) is 5.95 Å². The number of rotatable bonds is 3. The van der Waals surface area contributed by atoms with Gasteiger partial charge in [0.15, 0.2) is 0 Å². The van der Waals surface area contributed by atoms with Crippen molar-refractivity contribution in [1.29, 1.82) is 0 Å². The lowest BCUT2D eigenvalue weighted by Gasteiger charge is -2.06. The molecule has 2 N–H and O–H groups in total. The molecule has 0 aliphatic heterocycles. The van der Waals surface area contributed by atoms with E-state index in [1.165, 1.54) is 5.56 Å². The number of nitrogen functional groups attached to an aromatic ring is 1. The van der Waals surface area contributed by atoms with Crippen LogP contribution in [0.1, 0.15) is 5.56 Å². The largest absolute Gasteiger partial charge is 0.369 e. The maximum Gasteiger partial charge on any atom is 0.201 e. The highest BCUT2D eigenvalue weighted by Gasteiger charge is 2.06. The summed E-state index contributed by atoms with van der Waals surface area (Å²) in [5, 5.41) is 0.761. The van der Waals surface area contributed by atoms with Crippen LogP contribution in [-0.4, -0.2) is 9.55 Å². The quantitative estimate of drug-likeness (QED) is 0.792. The van der Waals surface area contributed by atoms with Crippen molar-refractivity contribution in [2.75, 3.05) is 5.73 Å². The summed E-state index contributed by atoms with van der Waals surface area (Å²) in [4.78, 5) is 4.36. The molecule has 1 heterocycles. The zero-order chi connectivity index (χ0) is 13.2. The Morgan fingerprint density at radius 2 is 1.79 bits per heavy atom. The van der Waals surface area contributed by atoms with E-state index in [-0.39, 0.29) is 0 Å². The topological polar surface area (TPSA) is 43.8 Å². The van der Waals surface area contributed by atoms with Crippen molar-refractivity contribution in [3.8, 4) is 0 Å². The van der Waals surface area contributed by atoms with Gasteiger partial charge in [0.05, 0.1) is 11.0 Å². The first-order valence-electron chi connectivity index (χ1n) is 6.19. The SMILES string of the molecule is Nc1nc2ccccc2n1CCc1ccc(Cl)cc1. The van der Waals surface area contributed by atoms with Crippen LogP contribution in [0.5, 0.6) is 0 Å². The first-order chi connectivity index (χ1) is 9.24. The fourth-order valence-corrected chi connectivity index (χ4v) is 2.35. The number of hydrogen-bond donors (Lipinski definition) is 1. The molecule has 0 unspecified atom stereocenters. The molecule has 0 atom stereocenters. The summed E-state index contributed by atoms with van der Waals surface area (Å²) in [5.41, 5.74) is 9.23. The van der Waals surface area contributed by atoms with E-state index in [1.807, 2.05) is 53.1 Å². The van der Waals surface area contributed by atoms with Crippen molar-refractivity contribution in [3.63, 3.8) is 0 Å². The minimum atomic E-state index is 0.565. The lowest BCUT2D eigenvalue weighted by Crippen LogP contribution is -2.05. The van der Waals surface area contributed by atoms with Gasteiger partial charge in [0.25, 0.3) is 0 Å². The van der Waals surface area contributed by atoms with Crippen LogP contribution in [0.2, 0.25) is 5.02 Å². The van der Waals surface area contributed by atoms with Gasteiger partial charge in [0.2, 0.25) is 5.95 Å². The minimum absolute atomic E-state index is 0.565. The second kappa shape index (κ2) is 4.94. The molecule has 0 saturated heterocycles. The summed E-state index contributed by atoms with van der Waals surface area (Å²) in [6.07, 6.45) is 0.904. The van der Waals surface area contributed by atoms with Crippen LogP contribution in [0.25, 0.3) is 11.0 Å². The Bertz CT molecular complexity index is 701. The molecular weight excluding hydrogens is 258 g/mol. The van der Waals surface area contributed by atoms with Gasteiger partial charge in [-0.05, 0) is 36.2 Å². The number of para-hydroxylation sites is 2. The Balaban J connectivity index is 1.85. The predicted molar refractivity (Wildman–Crippen MR) is 79.3 cm³/mol. The van der Waals surface area contributed by atoms with Crippen molar-refractivity contribution in [2.24, 2.45) is 0 Å². The minimum Gasteiger partial charge on any atom is -0.369 e. The number of halogens is 1. The molecular formula is C15H14ClN3. The highest BCUT2D eigenvalue weighted by atomic mass is 35.5. The number of aromatic nitrogens is 2. The van der Waals surface area contributed by atoms with Crippen molar-refractivity contribution in [3.05, 3.63) is 59.1 Å². The number of anilines is 1. The smallest absolute Gasteiger partial charge is 0.201 e. The third kappa shape index (κ3) is 2.42. The Labute approximate surface area is 116 Å². The van der Waals surface area contributed by atoms with E-state index in [0.717, 1.165) is 29.0 Å². The Morgan fingerprint density at radius 3 is 2.58 bits per heavy atom. The Kier molecular flexibility index (Phi) is 3.13. The number of imidazole rings is 1. The molecule has 0 spiro atoms. The molecule has 3 aromatic rings. The van der Waals surface area contributed by atoms with Crippen molar-refractivity contribution >= 4 is 28.6 Å². The molecule has 19 heavy (non-hydrogen) atoms. The fourth-order valence-electron chi connectivity index (χ4n) is 2.22. The van der Waals surface area contributed by atoms with Crippen molar-refractivity contribution in [1.82, 2.24) is 9.55 Å². The number of nitrogens with zero attached hydrogens (tertiary/aromatic N) is 2. The summed E-state index contributed by atoms with van der Waals surface area (Å²) < 4.78 is 2.05. The molecule has 0 radical (unpaired) electrons. The summed E-state index contributed by atoms with van der Waals surface area (Å²) in [5.74, 6) is 0.565. The summed E-state index contributed by atoms with van der Waals surface area (Å²) in [6, 6.07) is 15.9.